The van der Waals surface area contributed by atoms with Crippen LogP contribution in [0.4, 0.5) is 5.82 Å². The number of nitrogens with one attached hydrogen (secondary N) is 2. The SMILES string of the molecule is O=C(NC(CCN(CCCCc1ccc2c(n1)NCCC2)CCOc1ccccc1)C(=O)O)c1ccc2ncccc2c1. The number of pyridine rings is 2. The molecule has 9 nitrogen and oxygen atoms in total. The van der Waals surface area contributed by atoms with Gasteiger partial charge in [-0.15, -0.1) is 0 Å². The maximum absolute atomic E-state index is 13.0. The van der Waals surface area contributed by atoms with E-state index >= 15 is 0 Å². The van der Waals surface area contributed by atoms with Crippen molar-refractivity contribution < 1.29 is 19.4 Å². The first-order valence-corrected chi connectivity index (χ1v) is 15.1. The highest BCUT2D eigenvalue weighted by Crippen LogP contribution is 2.20. The number of aliphatic carboxylic acids is 1. The number of fused-ring (bicyclic) bond motifs is 2. The van der Waals surface area contributed by atoms with Crippen LogP contribution in [-0.2, 0) is 17.6 Å². The molecule has 4 aromatic rings. The predicted molar refractivity (Wildman–Crippen MR) is 168 cm³/mol. The summed E-state index contributed by atoms with van der Waals surface area (Å²) in [5.74, 6) is 0.355. The van der Waals surface area contributed by atoms with Crippen LogP contribution in [0.25, 0.3) is 10.9 Å². The number of anilines is 1. The van der Waals surface area contributed by atoms with Crippen LogP contribution in [0.15, 0.2) is 79.0 Å². The fourth-order valence-electron chi connectivity index (χ4n) is 5.32. The minimum absolute atomic E-state index is 0.277. The molecule has 3 heterocycles. The zero-order valence-corrected chi connectivity index (χ0v) is 24.4. The Bertz CT molecular complexity index is 1510. The van der Waals surface area contributed by atoms with Gasteiger partial charge in [0.1, 0.15) is 24.2 Å². The quantitative estimate of drug-likeness (QED) is 0.169. The Morgan fingerprint density at radius 3 is 2.74 bits per heavy atom. The number of benzene rings is 2. The van der Waals surface area contributed by atoms with Crippen LogP contribution in [0.3, 0.4) is 0 Å². The smallest absolute Gasteiger partial charge is 0.326 e. The lowest BCUT2D eigenvalue weighted by molar-refractivity contribution is -0.139. The number of carbonyl (C=O) groups excluding carboxylic acids is 1. The van der Waals surface area contributed by atoms with Gasteiger partial charge in [0.15, 0.2) is 0 Å². The largest absolute Gasteiger partial charge is 0.492 e. The first-order valence-electron chi connectivity index (χ1n) is 15.1. The molecule has 2 aromatic carbocycles. The molecule has 5 rings (SSSR count). The molecule has 0 aliphatic carbocycles. The number of aryl methyl sites for hydroxylation is 2. The Hall–Kier alpha value is -4.50. The summed E-state index contributed by atoms with van der Waals surface area (Å²) in [5, 5.41) is 16.9. The monoisotopic (exact) mass is 581 g/mol. The van der Waals surface area contributed by atoms with E-state index in [9.17, 15) is 14.7 Å². The van der Waals surface area contributed by atoms with E-state index in [4.69, 9.17) is 9.72 Å². The molecule has 1 aliphatic rings. The second kappa shape index (κ2) is 15.1. The lowest BCUT2D eigenvalue weighted by Crippen LogP contribution is -2.43. The molecule has 1 atom stereocenters. The van der Waals surface area contributed by atoms with E-state index in [0.717, 1.165) is 73.4 Å². The standard InChI is InChI=1S/C34H39N5O4/c40-33(27-14-16-30-26(24-27)9-7-18-35-30)38-31(34(41)42)17-21-39(22-23-43-29-11-2-1-3-12-29)20-5-4-10-28-15-13-25-8-6-19-36-32(25)37-28/h1-3,7,9,11-16,18,24,31H,4-6,8,10,17,19-23H2,(H,36,37)(H,38,40)(H,41,42). The summed E-state index contributed by atoms with van der Waals surface area (Å²) in [6.07, 6.45) is 6.99. The van der Waals surface area contributed by atoms with Crippen LogP contribution in [0, 0.1) is 0 Å². The Morgan fingerprint density at radius 1 is 1.00 bits per heavy atom. The number of unbranched alkanes of at least 4 members (excludes halogenated alkanes) is 1. The third-order valence-electron chi connectivity index (χ3n) is 7.73. The Kier molecular flexibility index (Phi) is 10.5. The molecule has 0 radical (unpaired) electrons. The van der Waals surface area contributed by atoms with Crippen molar-refractivity contribution in [2.24, 2.45) is 0 Å². The normalized spacial score (nSPS) is 13.2. The summed E-state index contributed by atoms with van der Waals surface area (Å²) in [4.78, 5) is 36.4. The number of carbonyl (C=O) groups is 2. The van der Waals surface area contributed by atoms with Crippen molar-refractivity contribution in [3.63, 3.8) is 0 Å². The van der Waals surface area contributed by atoms with Crippen LogP contribution < -0.4 is 15.4 Å². The van der Waals surface area contributed by atoms with Gasteiger partial charge >= 0.3 is 5.97 Å². The van der Waals surface area contributed by atoms with Crippen LogP contribution in [-0.4, -0.2) is 70.7 Å². The highest BCUT2D eigenvalue weighted by molar-refractivity contribution is 5.99. The third-order valence-corrected chi connectivity index (χ3v) is 7.73. The van der Waals surface area contributed by atoms with Crippen molar-refractivity contribution in [3.8, 4) is 5.75 Å². The van der Waals surface area contributed by atoms with Crippen LogP contribution >= 0.6 is 0 Å². The van der Waals surface area contributed by atoms with Crippen molar-refractivity contribution in [3.05, 3.63) is 95.8 Å². The first-order chi connectivity index (χ1) is 21.0. The van der Waals surface area contributed by atoms with E-state index in [1.54, 1.807) is 30.5 Å². The minimum Gasteiger partial charge on any atom is -0.492 e. The summed E-state index contributed by atoms with van der Waals surface area (Å²) in [5.41, 5.74) is 3.56. The summed E-state index contributed by atoms with van der Waals surface area (Å²) in [7, 11) is 0. The molecule has 9 heteroatoms. The molecule has 0 saturated heterocycles. The van der Waals surface area contributed by atoms with Gasteiger partial charge in [0, 0.05) is 42.5 Å². The molecule has 0 fully saturated rings. The summed E-state index contributed by atoms with van der Waals surface area (Å²) in [6, 6.07) is 21.8. The Balaban J connectivity index is 1.15. The maximum Gasteiger partial charge on any atom is 0.326 e. The molecule has 1 aliphatic heterocycles. The van der Waals surface area contributed by atoms with Crippen molar-refractivity contribution in [2.75, 3.05) is 38.1 Å². The number of para-hydroxylation sites is 1. The number of hydrogen-bond donors (Lipinski definition) is 3. The topological polar surface area (TPSA) is 117 Å². The third kappa shape index (κ3) is 8.75. The second-order valence-electron chi connectivity index (χ2n) is 10.9. The van der Waals surface area contributed by atoms with Crippen molar-refractivity contribution in [1.29, 1.82) is 0 Å². The zero-order valence-electron chi connectivity index (χ0n) is 24.4. The fourth-order valence-corrected chi connectivity index (χ4v) is 5.32. The summed E-state index contributed by atoms with van der Waals surface area (Å²) >= 11 is 0. The molecule has 224 valence electrons. The first kappa shape index (κ1) is 30.0. The second-order valence-corrected chi connectivity index (χ2v) is 10.9. The Labute approximate surface area is 252 Å². The number of aromatic nitrogens is 2. The van der Waals surface area contributed by atoms with E-state index in [-0.39, 0.29) is 6.42 Å². The lowest BCUT2D eigenvalue weighted by Gasteiger charge is -2.24. The van der Waals surface area contributed by atoms with Crippen LogP contribution in [0.1, 0.15) is 47.3 Å². The van der Waals surface area contributed by atoms with Crippen molar-refractivity contribution in [2.45, 2.75) is 44.6 Å². The molecular formula is C34H39N5O4. The van der Waals surface area contributed by atoms with Gasteiger partial charge in [-0.2, -0.15) is 0 Å². The van der Waals surface area contributed by atoms with Gasteiger partial charge in [0.05, 0.1) is 5.52 Å². The number of carboxylic acid groups (broad SMARTS) is 1. The molecule has 1 unspecified atom stereocenters. The lowest BCUT2D eigenvalue weighted by atomic mass is 10.1. The van der Waals surface area contributed by atoms with Gasteiger partial charge in [-0.1, -0.05) is 30.3 Å². The average Bonchev–Trinajstić information content (AvgIpc) is 3.04. The summed E-state index contributed by atoms with van der Waals surface area (Å²) in [6.45, 7) is 3.41. The van der Waals surface area contributed by atoms with Crippen molar-refractivity contribution >= 4 is 28.6 Å². The molecule has 1 amide bonds. The van der Waals surface area contributed by atoms with Gasteiger partial charge in [-0.05, 0) is 93.1 Å². The van der Waals surface area contributed by atoms with Gasteiger partial charge in [-0.3, -0.25) is 14.7 Å². The molecule has 43 heavy (non-hydrogen) atoms. The van der Waals surface area contributed by atoms with Crippen molar-refractivity contribution in [1.82, 2.24) is 20.2 Å². The van der Waals surface area contributed by atoms with Crippen LogP contribution in [0.5, 0.6) is 5.75 Å². The fraction of sp³-hybridized carbons (Fsp3) is 0.353. The molecular weight excluding hydrogens is 542 g/mol. The molecule has 2 aromatic heterocycles. The van der Waals surface area contributed by atoms with Gasteiger partial charge in [0.25, 0.3) is 5.91 Å². The van der Waals surface area contributed by atoms with E-state index in [1.165, 1.54) is 5.56 Å². The molecule has 0 bridgehead atoms. The number of hydrogen-bond acceptors (Lipinski definition) is 7. The maximum atomic E-state index is 13.0. The number of carboxylic acids is 1. The highest BCUT2D eigenvalue weighted by atomic mass is 16.5. The minimum atomic E-state index is -1.05. The van der Waals surface area contributed by atoms with Gasteiger partial charge in [0.2, 0.25) is 0 Å². The average molecular weight is 582 g/mol. The number of ether oxygens (including phenoxy) is 1. The van der Waals surface area contributed by atoms with Gasteiger partial charge in [-0.25, -0.2) is 9.78 Å². The van der Waals surface area contributed by atoms with E-state index < -0.39 is 17.9 Å². The van der Waals surface area contributed by atoms with Crippen LogP contribution in [0.2, 0.25) is 0 Å². The zero-order chi connectivity index (χ0) is 29.9. The number of nitrogens with zero attached hydrogens (tertiary/aromatic N) is 3. The Morgan fingerprint density at radius 2 is 1.88 bits per heavy atom. The molecule has 3 N–H and O–H groups in total. The number of amides is 1. The summed E-state index contributed by atoms with van der Waals surface area (Å²) < 4.78 is 5.93. The van der Waals surface area contributed by atoms with Gasteiger partial charge < -0.3 is 20.5 Å². The van der Waals surface area contributed by atoms with E-state index in [0.29, 0.717) is 25.3 Å². The predicted octanol–water partition coefficient (Wildman–Crippen LogP) is 4.96. The number of rotatable bonds is 15. The molecule has 0 spiro atoms. The van der Waals surface area contributed by atoms with E-state index in [1.807, 2.05) is 36.4 Å². The van der Waals surface area contributed by atoms with E-state index in [2.05, 4.69) is 32.7 Å². The molecule has 0 saturated carbocycles. The highest BCUT2D eigenvalue weighted by Gasteiger charge is 2.22.